The minimum absolute atomic E-state index is 0.0837. The van der Waals surface area contributed by atoms with E-state index in [4.69, 9.17) is 4.74 Å². The molecule has 0 aliphatic rings. The summed E-state index contributed by atoms with van der Waals surface area (Å²) in [5.74, 6) is 0.0251. The molecule has 0 aromatic rings. The van der Waals surface area contributed by atoms with Crippen molar-refractivity contribution in [2.75, 3.05) is 6.61 Å². The molecule has 0 N–H and O–H groups in total. The Kier molecular flexibility index (Phi) is 7.07. The predicted molar refractivity (Wildman–Crippen MR) is 54.9 cm³/mol. The van der Waals surface area contributed by atoms with Gasteiger partial charge in [0.2, 0.25) is 0 Å². The maximum Gasteiger partial charge on any atom is 0.308 e. The molecule has 0 amide bonds. The first-order chi connectivity index (χ1) is 6.61. The summed E-state index contributed by atoms with van der Waals surface area (Å²) >= 11 is 0. The lowest BCUT2D eigenvalue weighted by Gasteiger charge is -2.09. The Bertz CT molecular complexity index is 187. The van der Waals surface area contributed by atoms with E-state index in [-0.39, 0.29) is 17.7 Å². The van der Waals surface area contributed by atoms with Crippen molar-refractivity contribution >= 4 is 11.8 Å². The van der Waals surface area contributed by atoms with Crippen LogP contribution in [-0.2, 0) is 14.3 Å². The number of esters is 1. The van der Waals surface area contributed by atoms with Gasteiger partial charge in [0.25, 0.3) is 0 Å². The van der Waals surface area contributed by atoms with Gasteiger partial charge < -0.3 is 4.74 Å². The van der Waals surface area contributed by atoms with Crippen molar-refractivity contribution in [2.24, 2.45) is 5.92 Å². The molecular formula is C11H20O3. The second-order valence-electron chi connectivity index (χ2n) is 3.44. The fraction of sp³-hybridized carbons (Fsp3) is 0.818. The summed E-state index contributed by atoms with van der Waals surface area (Å²) in [6.45, 7) is 5.92. The van der Waals surface area contributed by atoms with E-state index >= 15 is 0 Å². The molecule has 0 fully saturated rings. The molecule has 0 aliphatic heterocycles. The van der Waals surface area contributed by atoms with Gasteiger partial charge in [-0.25, -0.2) is 0 Å². The summed E-state index contributed by atoms with van der Waals surface area (Å²) in [7, 11) is 0. The molecule has 82 valence electrons. The van der Waals surface area contributed by atoms with Crippen molar-refractivity contribution in [3.63, 3.8) is 0 Å². The zero-order chi connectivity index (χ0) is 11.0. The predicted octanol–water partition coefficient (Wildman–Crippen LogP) is 2.33. The summed E-state index contributed by atoms with van der Waals surface area (Å²) in [5, 5.41) is 0. The molecule has 0 saturated heterocycles. The van der Waals surface area contributed by atoms with E-state index < -0.39 is 0 Å². The van der Waals surface area contributed by atoms with Crippen LogP contribution in [0.5, 0.6) is 0 Å². The van der Waals surface area contributed by atoms with E-state index in [1.54, 1.807) is 6.92 Å². The minimum atomic E-state index is -0.156. The zero-order valence-electron chi connectivity index (χ0n) is 9.34. The van der Waals surface area contributed by atoms with Gasteiger partial charge in [-0.05, 0) is 19.8 Å². The normalized spacial score (nSPS) is 12.2. The van der Waals surface area contributed by atoms with Gasteiger partial charge in [-0.15, -0.1) is 0 Å². The average Bonchev–Trinajstić information content (AvgIpc) is 2.17. The maximum atomic E-state index is 11.2. The Balaban J connectivity index is 3.58. The Labute approximate surface area is 85.8 Å². The van der Waals surface area contributed by atoms with Gasteiger partial charge in [0, 0.05) is 12.8 Å². The first-order valence-electron chi connectivity index (χ1n) is 5.30. The van der Waals surface area contributed by atoms with E-state index in [2.05, 4.69) is 0 Å². The molecule has 1 unspecified atom stereocenters. The van der Waals surface area contributed by atoms with Gasteiger partial charge in [0.1, 0.15) is 5.78 Å². The van der Waals surface area contributed by atoms with Crippen molar-refractivity contribution in [1.82, 2.24) is 0 Å². The lowest BCUT2D eigenvalue weighted by atomic mass is 10.0. The number of ketones is 1. The number of hydrogen-bond acceptors (Lipinski definition) is 3. The zero-order valence-corrected chi connectivity index (χ0v) is 9.34. The van der Waals surface area contributed by atoms with E-state index in [9.17, 15) is 9.59 Å². The van der Waals surface area contributed by atoms with E-state index in [1.807, 2.05) is 13.8 Å². The minimum Gasteiger partial charge on any atom is -0.466 e. The molecule has 3 nitrogen and oxygen atoms in total. The number of Topliss-reactive ketones (excluding diaryl/α,β-unsaturated/α-hetero) is 1. The Morgan fingerprint density at radius 3 is 2.43 bits per heavy atom. The van der Waals surface area contributed by atoms with Crippen LogP contribution >= 0.6 is 0 Å². The quantitative estimate of drug-likeness (QED) is 0.592. The fourth-order valence-corrected chi connectivity index (χ4v) is 1.18. The van der Waals surface area contributed by atoms with Crippen molar-refractivity contribution in [3.8, 4) is 0 Å². The molecule has 0 radical (unpaired) electrons. The molecule has 0 aromatic heterocycles. The molecule has 0 heterocycles. The summed E-state index contributed by atoms with van der Waals surface area (Å²) in [6.07, 6.45) is 2.70. The number of hydrogen-bond donors (Lipinski definition) is 0. The molecule has 0 saturated carbocycles. The molecule has 1 atom stereocenters. The van der Waals surface area contributed by atoms with Gasteiger partial charge in [-0.2, -0.15) is 0 Å². The second kappa shape index (κ2) is 7.54. The number of carbonyl (C=O) groups excluding carboxylic acids is 2. The summed E-state index contributed by atoms with van der Waals surface area (Å²) < 4.78 is 4.86. The van der Waals surface area contributed by atoms with Crippen LogP contribution in [0.25, 0.3) is 0 Å². The first kappa shape index (κ1) is 13.1. The monoisotopic (exact) mass is 200 g/mol. The van der Waals surface area contributed by atoms with Crippen molar-refractivity contribution in [2.45, 2.75) is 46.5 Å². The molecule has 14 heavy (non-hydrogen) atoms. The van der Waals surface area contributed by atoms with Gasteiger partial charge in [0.15, 0.2) is 0 Å². The van der Waals surface area contributed by atoms with Crippen LogP contribution in [0.1, 0.15) is 46.5 Å². The van der Waals surface area contributed by atoms with Gasteiger partial charge >= 0.3 is 5.97 Å². The molecule has 3 heteroatoms. The second-order valence-corrected chi connectivity index (χ2v) is 3.44. The Hall–Kier alpha value is -0.860. The number of ether oxygens (including phenoxy) is 1. The van der Waals surface area contributed by atoms with Crippen molar-refractivity contribution in [3.05, 3.63) is 0 Å². The van der Waals surface area contributed by atoms with Gasteiger partial charge in [0.05, 0.1) is 12.5 Å². The smallest absolute Gasteiger partial charge is 0.308 e. The van der Waals surface area contributed by atoms with Gasteiger partial charge in [-0.1, -0.05) is 13.8 Å². The molecular weight excluding hydrogens is 180 g/mol. The summed E-state index contributed by atoms with van der Waals surface area (Å²) in [5.41, 5.74) is 0. The third-order valence-electron chi connectivity index (χ3n) is 2.18. The first-order valence-corrected chi connectivity index (χ1v) is 5.30. The largest absolute Gasteiger partial charge is 0.466 e. The van der Waals surface area contributed by atoms with Gasteiger partial charge in [-0.3, -0.25) is 9.59 Å². The standard InChI is InChI=1S/C11H20O3/c1-4-10(12)8-6-7-9(3)11(13)14-5-2/h9H,4-8H2,1-3H3. The van der Waals surface area contributed by atoms with E-state index in [0.29, 0.717) is 19.4 Å². The Morgan fingerprint density at radius 2 is 1.93 bits per heavy atom. The maximum absolute atomic E-state index is 11.2. The highest BCUT2D eigenvalue weighted by atomic mass is 16.5. The lowest BCUT2D eigenvalue weighted by Crippen LogP contribution is -2.14. The van der Waals surface area contributed by atoms with Crippen LogP contribution in [0, 0.1) is 5.92 Å². The Morgan fingerprint density at radius 1 is 1.29 bits per heavy atom. The van der Waals surface area contributed by atoms with Crippen LogP contribution < -0.4 is 0 Å². The van der Waals surface area contributed by atoms with Crippen molar-refractivity contribution < 1.29 is 14.3 Å². The third-order valence-corrected chi connectivity index (χ3v) is 2.18. The van der Waals surface area contributed by atoms with Crippen LogP contribution in [-0.4, -0.2) is 18.4 Å². The SMILES string of the molecule is CCOC(=O)C(C)CCCC(=O)CC. The van der Waals surface area contributed by atoms with E-state index in [1.165, 1.54) is 0 Å². The molecule has 0 bridgehead atoms. The number of rotatable bonds is 7. The van der Waals surface area contributed by atoms with Crippen LogP contribution in [0.3, 0.4) is 0 Å². The third kappa shape index (κ3) is 5.73. The molecule has 0 rings (SSSR count). The van der Waals surface area contributed by atoms with Crippen LogP contribution in [0.15, 0.2) is 0 Å². The average molecular weight is 200 g/mol. The number of carbonyl (C=O) groups is 2. The summed E-state index contributed by atoms with van der Waals surface area (Å²) in [4.78, 5) is 22.2. The van der Waals surface area contributed by atoms with Crippen LogP contribution in [0.4, 0.5) is 0 Å². The fourth-order valence-electron chi connectivity index (χ4n) is 1.18. The highest BCUT2D eigenvalue weighted by Gasteiger charge is 2.13. The summed E-state index contributed by atoms with van der Waals surface area (Å²) in [6, 6.07) is 0. The molecule has 0 spiro atoms. The van der Waals surface area contributed by atoms with Crippen molar-refractivity contribution in [1.29, 1.82) is 0 Å². The van der Waals surface area contributed by atoms with Crippen LogP contribution in [0.2, 0.25) is 0 Å². The molecule has 0 aromatic carbocycles. The van der Waals surface area contributed by atoms with E-state index in [0.717, 1.165) is 12.8 Å². The highest BCUT2D eigenvalue weighted by molar-refractivity contribution is 5.78. The lowest BCUT2D eigenvalue weighted by molar-refractivity contribution is -0.147. The highest BCUT2D eigenvalue weighted by Crippen LogP contribution is 2.10. The topological polar surface area (TPSA) is 43.4 Å². The molecule has 0 aliphatic carbocycles.